The number of carbonyl (C=O) groups is 1. The molecular weight excluding hydrogens is 256 g/mol. The predicted octanol–water partition coefficient (Wildman–Crippen LogP) is 1.95. The standard InChI is InChI=1S/C11H13BrN2O/c12-10-5-8-6-13-4-3-9(8)14(10)11(15)7-1-2-7/h5,7,13H,1-4,6H2. The molecule has 0 spiro atoms. The van der Waals surface area contributed by atoms with Crippen molar-refractivity contribution >= 4 is 21.8 Å². The molecule has 80 valence electrons. The molecule has 1 aromatic rings. The molecule has 1 N–H and O–H groups in total. The van der Waals surface area contributed by atoms with E-state index in [-0.39, 0.29) is 11.8 Å². The number of hydrogen-bond acceptors (Lipinski definition) is 2. The van der Waals surface area contributed by atoms with Gasteiger partial charge >= 0.3 is 0 Å². The number of carbonyl (C=O) groups excluding carboxylic acids is 1. The Morgan fingerprint density at radius 2 is 2.33 bits per heavy atom. The van der Waals surface area contributed by atoms with Crippen molar-refractivity contribution in [2.75, 3.05) is 6.54 Å². The van der Waals surface area contributed by atoms with Crippen molar-refractivity contribution in [1.29, 1.82) is 0 Å². The van der Waals surface area contributed by atoms with Gasteiger partial charge in [0.1, 0.15) is 0 Å². The summed E-state index contributed by atoms with van der Waals surface area (Å²) in [6.07, 6.45) is 3.09. The first-order valence-electron chi connectivity index (χ1n) is 5.41. The Balaban J connectivity index is 2.04. The lowest BCUT2D eigenvalue weighted by Gasteiger charge is -2.16. The lowest BCUT2D eigenvalue weighted by molar-refractivity contribution is 0.0880. The number of hydrogen-bond donors (Lipinski definition) is 1. The molecule has 15 heavy (non-hydrogen) atoms. The van der Waals surface area contributed by atoms with Gasteiger partial charge in [0.05, 0.1) is 4.60 Å². The van der Waals surface area contributed by atoms with Gasteiger partial charge in [0, 0.05) is 31.1 Å². The minimum absolute atomic E-state index is 0.282. The van der Waals surface area contributed by atoms with E-state index in [1.807, 2.05) is 4.57 Å². The van der Waals surface area contributed by atoms with Gasteiger partial charge in [-0.15, -0.1) is 0 Å². The van der Waals surface area contributed by atoms with Gasteiger partial charge in [-0.3, -0.25) is 9.36 Å². The molecule has 2 aliphatic rings. The summed E-state index contributed by atoms with van der Waals surface area (Å²) in [6.45, 7) is 1.86. The van der Waals surface area contributed by atoms with Crippen molar-refractivity contribution in [3.8, 4) is 0 Å². The van der Waals surface area contributed by atoms with Crippen LogP contribution in [-0.2, 0) is 13.0 Å². The maximum Gasteiger partial charge on any atom is 0.234 e. The lowest BCUT2D eigenvalue weighted by atomic mass is 10.1. The van der Waals surface area contributed by atoms with Crippen molar-refractivity contribution in [2.45, 2.75) is 25.8 Å². The van der Waals surface area contributed by atoms with Crippen LogP contribution in [0.3, 0.4) is 0 Å². The summed E-state index contributed by atoms with van der Waals surface area (Å²) in [5.74, 6) is 0.567. The van der Waals surface area contributed by atoms with Crippen LogP contribution in [0.1, 0.15) is 28.9 Å². The number of rotatable bonds is 1. The van der Waals surface area contributed by atoms with Gasteiger partial charge in [-0.2, -0.15) is 0 Å². The average molecular weight is 269 g/mol. The third-order valence-electron chi connectivity index (χ3n) is 3.15. The van der Waals surface area contributed by atoms with Crippen LogP contribution in [0.15, 0.2) is 10.7 Å². The van der Waals surface area contributed by atoms with E-state index in [9.17, 15) is 4.79 Å². The smallest absolute Gasteiger partial charge is 0.234 e. The molecule has 1 aliphatic carbocycles. The minimum Gasteiger partial charge on any atom is -0.312 e. The van der Waals surface area contributed by atoms with Gasteiger partial charge in [0.15, 0.2) is 0 Å². The molecule has 0 unspecified atom stereocenters. The Morgan fingerprint density at radius 3 is 3.07 bits per heavy atom. The fourth-order valence-corrected chi connectivity index (χ4v) is 2.84. The fourth-order valence-electron chi connectivity index (χ4n) is 2.17. The average Bonchev–Trinajstić information content (AvgIpc) is 3.00. The highest BCUT2D eigenvalue weighted by molar-refractivity contribution is 9.10. The Morgan fingerprint density at radius 1 is 1.53 bits per heavy atom. The maximum absolute atomic E-state index is 12.1. The Hall–Kier alpha value is -0.610. The summed E-state index contributed by atoms with van der Waals surface area (Å²) in [6, 6.07) is 2.07. The molecule has 1 saturated carbocycles. The van der Waals surface area contributed by atoms with Crippen LogP contribution in [0.25, 0.3) is 0 Å². The molecule has 1 aromatic heterocycles. The molecule has 3 nitrogen and oxygen atoms in total. The van der Waals surface area contributed by atoms with E-state index in [1.54, 1.807) is 0 Å². The third-order valence-corrected chi connectivity index (χ3v) is 3.73. The number of fused-ring (bicyclic) bond motifs is 1. The number of halogens is 1. The SMILES string of the molecule is O=C(C1CC1)n1c(Br)cc2c1CCNC2. The second kappa shape index (κ2) is 3.46. The second-order valence-corrected chi connectivity index (χ2v) is 5.13. The summed E-state index contributed by atoms with van der Waals surface area (Å²) in [5, 5.41) is 3.32. The van der Waals surface area contributed by atoms with E-state index < -0.39 is 0 Å². The van der Waals surface area contributed by atoms with Gasteiger partial charge in [0.25, 0.3) is 0 Å². The van der Waals surface area contributed by atoms with Crippen molar-refractivity contribution in [2.24, 2.45) is 5.92 Å². The minimum atomic E-state index is 0.282. The van der Waals surface area contributed by atoms with Crippen LogP contribution in [-0.4, -0.2) is 17.0 Å². The second-order valence-electron chi connectivity index (χ2n) is 4.31. The monoisotopic (exact) mass is 268 g/mol. The lowest BCUT2D eigenvalue weighted by Crippen LogP contribution is -2.26. The van der Waals surface area contributed by atoms with Crippen LogP contribution in [0.2, 0.25) is 0 Å². The highest BCUT2D eigenvalue weighted by atomic mass is 79.9. The van der Waals surface area contributed by atoms with Gasteiger partial charge in [-0.05, 0) is 40.4 Å². The molecule has 0 aromatic carbocycles. The molecule has 2 heterocycles. The molecule has 0 bridgehead atoms. The number of nitrogens with zero attached hydrogens (tertiary/aromatic N) is 1. The van der Waals surface area contributed by atoms with E-state index in [4.69, 9.17) is 0 Å². The number of aromatic nitrogens is 1. The summed E-state index contributed by atoms with van der Waals surface area (Å²) < 4.78 is 2.81. The normalized spacial score (nSPS) is 20.1. The highest BCUT2D eigenvalue weighted by Crippen LogP contribution is 2.34. The van der Waals surface area contributed by atoms with E-state index in [2.05, 4.69) is 27.3 Å². The van der Waals surface area contributed by atoms with Crippen molar-refractivity contribution < 1.29 is 4.79 Å². The first-order chi connectivity index (χ1) is 7.27. The highest BCUT2D eigenvalue weighted by Gasteiger charge is 2.33. The third kappa shape index (κ3) is 1.56. The maximum atomic E-state index is 12.1. The van der Waals surface area contributed by atoms with Crippen LogP contribution < -0.4 is 5.32 Å². The zero-order chi connectivity index (χ0) is 10.4. The quantitative estimate of drug-likeness (QED) is 0.845. The molecule has 0 amide bonds. The van der Waals surface area contributed by atoms with Gasteiger partial charge in [0.2, 0.25) is 5.91 Å². The first-order valence-corrected chi connectivity index (χ1v) is 6.20. The Labute approximate surface area is 97.0 Å². The zero-order valence-electron chi connectivity index (χ0n) is 8.42. The van der Waals surface area contributed by atoms with Crippen molar-refractivity contribution in [3.05, 3.63) is 21.9 Å². The summed E-state index contributed by atoms with van der Waals surface area (Å²) in [7, 11) is 0. The summed E-state index contributed by atoms with van der Waals surface area (Å²) in [5.41, 5.74) is 2.47. The number of nitrogens with one attached hydrogen (secondary N) is 1. The van der Waals surface area contributed by atoms with Gasteiger partial charge < -0.3 is 5.32 Å². The van der Waals surface area contributed by atoms with Crippen molar-refractivity contribution in [3.63, 3.8) is 0 Å². The van der Waals surface area contributed by atoms with Crippen LogP contribution in [0.4, 0.5) is 0 Å². The Kier molecular flexibility index (Phi) is 2.21. The summed E-state index contributed by atoms with van der Waals surface area (Å²) >= 11 is 3.49. The molecule has 4 heteroatoms. The zero-order valence-corrected chi connectivity index (χ0v) is 10.0. The van der Waals surface area contributed by atoms with Crippen LogP contribution in [0, 0.1) is 5.92 Å². The molecule has 3 rings (SSSR count). The molecule has 1 aliphatic heterocycles. The van der Waals surface area contributed by atoms with E-state index in [0.29, 0.717) is 0 Å². The molecule has 0 radical (unpaired) electrons. The molecule has 0 atom stereocenters. The summed E-state index contributed by atoms with van der Waals surface area (Å²) in [4.78, 5) is 12.1. The van der Waals surface area contributed by atoms with Gasteiger partial charge in [-0.25, -0.2) is 0 Å². The van der Waals surface area contributed by atoms with E-state index in [0.717, 1.165) is 37.0 Å². The molecule has 0 saturated heterocycles. The largest absolute Gasteiger partial charge is 0.312 e. The first kappa shape index (κ1) is 9.60. The molecular formula is C11H13BrN2O. The van der Waals surface area contributed by atoms with Gasteiger partial charge in [-0.1, -0.05) is 0 Å². The predicted molar refractivity (Wildman–Crippen MR) is 60.9 cm³/mol. The fraction of sp³-hybridized carbons (Fsp3) is 0.545. The van der Waals surface area contributed by atoms with Crippen LogP contribution >= 0.6 is 15.9 Å². The topological polar surface area (TPSA) is 34.0 Å². The molecule has 1 fully saturated rings. The van der Waals surface area contributed by atoms with Crippen LogP contribution in [0.5, 0.6) is 0 Å². The Bertz CT molecular complexity index is 420. The van der Waals surface area contributed by atoms with Crippen molar-refractivity contribution in [1.82, 2.24) is 9.88 Å². The van der Waals surface area contributed by atoms with E-state index in [1.165, 1.54) is 11.3 Å². The van der Waals surface area contributed by atoms with E-state index >= 15 is 0 Å².